The summed E-state index contributed by atoms with van der Waals surface area (Å²) in [5.74, 6) is -0.906. The number of carbonyl (C=O) groups is 1. The van der Waals surface area contributed by atoms with Crippen molar-refractivity contribution in [2.45, 2.75) is 19.3 Å². The van der Waals surface area contributed by atoms with Crippen LogP contribution in [0.15, 0.2) is 30.3 Å². The highest BCUT2D eigenvalue weighted by atomic mass is 35.5. The Morgan fingerprint density at radius 3 is 2.65 bits per heavy atom. The normalized spacial score (nSPS) is 11.7. The van der Waals surface area contributed by atoms with Crippen LogP contribution in [0, 0.1) is 0 Å². The molecule has 0 aliphatic rings. The Morgan fingerprint density at radius 2 is 2.00 bits per heavy atom. The Morgan fingerprint density at radius 1 is 1.29 bits per heavy atom. The van der Waals surface area contributed by atoms with E-state index in [4.69, 9.17) is 16.7 Å². The molecule has 0 spiro atoms. The minimum Gasteiger partial charge on any atom is -0.481 e. The third kappa shape index (κ3) is 1.98. The van der Waals surface area contributed by atoms with Crippen LogP contribution < -0.4 is 0 Å². The molecule has 3 nitrogen and oxygen atoms in total. The van der Waals surface area contributed by atoms with E-state index in [0.29, 0.717) is 16.2 Å². The molecular formula is C13H12ClNO2. The summed E-state index contributed by atoms with van der Waals surface area (Å²) in [7, 11) is 0. The highest BCUT2D eigenvalue weighted by molar-refractivity contribution is 6.35. The van der Waals surface area contributed by atoms with Crippen LogP contribution in [-0.4, -0.2) is 16.1 Å². The molecule has 0 aliphatic heterocycles. The van der Waals surface area contributed by atoms with E-state index in [-0.39, 0.29) is 0 Å². The molecule has 0 unspecified atom stereocenters. The molecule has 2 rings (SSSR count). The largest absolute Gasteiger partial charge is 0.481 e. The van der Waals surface area contributed by atoms with Crippen LogP contribution >= 0.6 is 11.6 Å². The fourth-order valence-electron chi connectivity index (χ4n) is 1.57. The van der Waals surface area contributed by atoms with Gasteiger partial charge in [-0.15, -0.1) is 0 Å². The van der Waals surface area contributed by atoms with E-state index in [1.165, 1.54) is 0 Å². The molecule has 0 aliphatic carbocycles. The van der Waals surface area contributed by atoms with Crippen LogP contribution in [0.25, 0.3) is 10.9 Å². The molecule has 1 aromatic carbocycles. The first-order valence-corrected chi connectivity index (χ1v) is 5.60. The lowest BCUT2D eigenvalue weighted by Gasteiger charge is -2.18. The topological polar surface area (TPSA) is 50.2 Å². The van der Waals surface area contributed by atoms with Crippen molar-refractivity contribution in [3.8, 4) is 0 Å². The minimum absolute atomic E-state index is 0.505. The predicted octanol–water partition coefficient (Wildman–Crippen LogP) is 3.25. The highest BCUT2D eigenvalue weighted by Gasteiger charge is 2.31. The summed E-state index contributed by atoms with van der Waals surface area (Å²) in [6, 6.07) is 9.05. The first-order chi connectivity index (χ1) is 7.93. The zero-order valence-electron chi connectivity index (χ0n) is 9.57. The van der Waals surface area contributed by atoms with Gasteiger partial charge in [-0.3, -0.25) is 9.78 Å². The summed E-state index contributed by atoms with van der Waals surface area (Å²) >= 11 is 6.05. The van der Waals surface area contributed by atoms with Crippen molar-refractivity contribution in [1.29, 1.82) is 0 Å². The van der Waals surface area contributed by atoms with Gasteiger partial charge in [0.15, 0.2) is 0 Å². The predicted molar refractivity (Wildman–Crippen MR) is 67.4 cm³/mol. The van der Waals surface area contributed by atoms with Gasteiger partial charge in [0.05, 0.1) is 16.2 Å². The fraction of sp³-hybridized carbons (Fsp3) is 0.231. The van der Waals surface area contributed by atoms with Crippen molar-refractivity contribution < 1.29 is 9.90 Å². The van der Waals surface area contributed by atoms with Crippen LogP contribution in [0.3, 0.4) is 0 Å². The number of fused-ring (bicyclic) bond motifs is 1. The molecule has 2 aromatic rings. The van der Waals surface area contributed by atoms with Crippen molar-refractivity contribution in [2.24, 2.45) is 0 Å². The van der Waals surface area contributed by atoms with Crippen LogP contribution in [0.4, 0.5) is 0 Å². The van der Waals surface area contributed by atoms with Crippen molar-refractivity contribution in [2.75, 3.05) is 0 Å². The standard InChI is InChI=1S/C13H12ClNO2/c1-13(2,12(16)17)10-7-6-8-4-3-5-9(14)11(8)15-10/h3-7H,1-2H3,(H,16,17). The third-order valence-electron chi connectivity index (χ3n) is 2.85. The van der Waals surface area contributed by atoms with E-state index in [1.54, 1.807) is 26.0 Å². The number of para-hydroxylation sites is 1. The van der Waals surface area contributed by atoms with Crippen molar-refractivity contribution in [3.05, 3.63) is 41.0 Å². The quantitative estimate of drug-likeness (QED) is 0.889. The summed E-state index contributed by atoms with van der Waals surface area (Å²) in [5.41, 5.74) is 0.125. The molecule has 0 radical (unpaired) electrons. The third-order valence-corrected chi connectivity index (χ3v) is 3.15. The van der Waals surface area contributed by atoms with Crippen molar-refractivity contribution >= 4 is 28.5 Å². The maximum atomic E-state index is 11.2. The lowest BCUT2D eigenvalue weighted by Crippen LogP contribution is -2.29. The second kappa shape index (κ2) is 4.00. The zero-order chi connectivity index (χ0) is 12.6. The smallest absolute Gasteiger partial charge is 0.315 e. The molecule has 0 saturated carbocycles. The molecule has 0 atom stereocenters. The number of carboxylic acid groups (broad SMARTS) is 1. The summed E-state index contributed by atoms with van der Waals surface area (Å²) < 4.78 is 0. The van der Waals surface area contributed by atoms with Crippen LogP contribution in [-0.2, 0) is 10.2 Å². The minimum atomic E-state index is -1.02. The molecule has 0 saturated heterocycles. The molecule has 17 heavy (non-hydrogen) atoms. The molecule has 88 valence electrons. The van der Waals surface area contributed by atoms with Gasteiger partial charge in [-0.05, 0) is 26.0 Å². The van der Waals surface area contributed by atoms with Gasteiger partial charge in [0, 0.05) is 5.39 Å². The van der Waals surface area contributed by atoms with E-state index in [9.17, 15) is 4.79 Å². The van der Waals surface area contributed by atoms with E-state index in [0.717, 1.165) is 5.39 Å². The molecule has 1 heterocycles. The first-order valence-electron chi connectivity index (χ1n) is 5.22. The molecule has 1 aromatic heterocycles. The SMILES string of the molecule is CC(C)(C(=O)O)c1ccc2cccc(Cl)c2n1. The number of halogens is 1. The maximum absolute atomic E-state index is 11.2. The lowest BCUT2D eigenvalue weighted by atomic mass is 9.89. The zero-order valence-corrected chi connectivity index (χ0v) is 10.3. The summed E-state index contributed by atoms with van der Waals surface area (Å²) in [6.45, 7) is 3.25. The molecule has 0 fully saturated rings. The van der Waals surface area contributed by atoms with Gasteiger partial charge in [0.2, 0.25) is 0 Å². The number of benzene rings is 1. The summed E-state index contributed by atoms with van der Waals surface area (Å²) in [4.78, 5) is 15.5. The number of rotatable bonds is 2. The van der Waals surface area contributed by atoms with E-state index >= 15 is 0 Å². The summed E-state index contributed by atoms with van der Waals surface area (Å²) in [6.07, 6.45) is 0. The van der Waals surface area contributed by atoms with E-state index < -0.39 is 11.4 Å². The number of hydrogen-bond acceptors (Lipinski definition) is 2. The number of pyridine rings is 1. The van der Waals surface area contributed by atoms with Gasteiger partial charge in [0.1, 0.15) is 5.41 Å². The fourth-order valence-corrected chi connectivity index (χ4v) is 1.79. The lowest BCUT2D eigenvalue weighted by molar-refractivity contribution is -0.142. The van der Waals surface area contributed by atoms with Gasteiger partial charge >= 0.3 is 5.97 Å². The van der Waals surface area contributed by atoms with E-state index in [1.807, 2.05) is 18.2 Å². The Hall–Kier alpha value is -1.61. The number of aromatic nitrogens is 1. The Bertz CT molecular complexity index is 593. The number of aliphatic carboxylic acids is 1. The van der Waals surface area contributed by atoms with Gasteiger partial charge in [-0.2, -0.15) is 0 Å². The average Bonchev–Trinajstić information content (AvgIpc) is 2.29. The molecule has 0 bridgehead atoms. The maximum Gasteiger partial charge on any atom is 0.315 e. The average molecular weight is 250 g/mol. The second-order valence-electron chi connectivity index (χ2n) is 4.44. The van der Waals surface area contributed by atoms with Crippen molar-refractivity contribution in [1.82, 2.24) is 4.98 Å². The van der Waals surface area contributed by atoms with Crippen LogP contribution in [0.5, 0.6) is 0 Å². The Kier molecular flexibility index (Phi) is 2.79. The summed E-state index contributed by atoms with van der Waals surface area (Å²) in [5, 5.41) is 10.6. The van der Waals surface area contributed by atoms with Gasteiger partial charge < -0.3 is 5.11 Å². The molecular weight excluding hydrogens is 238 g/mol. The monoisotopic (exact) mass is 249 g/mol. The van der Waals surface area contributed by atoms with Crippen LogP contribution in [0.2, 0.25) is 5.02 Å². The number of carboxylic acids is 1. The second-order valence-corrected chi connectivity index (χ2v) is 4.85. The van der Waals surface area contributed by atoms with Gasteiger partial charge in [-0.1, -0.05) is 29.8 Å². The highest BCUT2D eigenvalue weighted by Crippen LogP contribution is 2.27. The number of nitrogens with zero attached hydrogens (tertiary/aromatic N) is 1. The molecule has 4 heteroatoms. The van der Waals surface area contributed by atoms with Crippen LogP contribution in [0.1, 0.15) is 19.5 Å². The molecule has 0 amide bonds. The van der Waals surface area contributed by atoms with Crippen molar-refractivity contribution in [3.63, 3.8) is 0 Å². The van der Waals surface area contributed by atoms with E-state index in [2.05, 4.69) is 4.98 Å². The Balaban J connectivity index is 2.66. The Labute approximate surface area is 104 Å². The molecule has 1 N–H and O–H groups in total. The number of hydrogen-bond donors (Lipinski definition) is 1. The van der Waals surface area contributed by atoms with Gasteiger partial charge in [0.25, 0.3) is 0 Å². The van der Waals surface area contributed by atoms with Gasteiger partial charge in [-0.25, -0.2) is 0 Å². The first kappa shape index (κ1) is 11.9.